The first-order valence-corrected chi connectivity index (χ1v) is 9.66. The highest BCUT2D eigenvalue weighted by Gasteiger charge is 2.16. The monoisotopic (exact) mass is 418 g/mol. The van der Waals surface area contributed by atoms with Crippen molar-refractivity contribution in [3.8, 4) is 11.5 Å². The molecule has 0 saturated carbocycles. The molecule has 0 spiro atoms. The van der Waals surface area contributed by atoms with Gasteiger partial charge >= 0.3 is 0 Å². The third-order valence-corrected chi connectivity index (χ3v) is 4.51. The van der Waals surface area contributed by atoms with Gasteiger partial charge in [-0.3, -0.25) is 9.69 Å². The van der Waals surface area contributed by atoms with Gasteiger partial charge in [-0.2, -0.15) is 0 Å². The van der Waals surface area contributed by atoms with E-state index in [1.165, 1.54) is 0 Å². The van der Waals surface area contributed by atoms with Crippen LogP contribution in [0.3, 0.4) is 0 Å². The molecule has 6 nitrogen and oxygen atoms in total. The van der Waals surface area contributed by atoms with Gasteiger partial charge in [-0.15, -0.1) is 10.2 Å². The van der Waals surface area contributed by atoms with E-state index in [0.29, 0.717) is 46.2 Å². The standard InChI is InChI=1S/C20H20Cl2N4O2/c1-2-10-26(12-18(27)23-15-7-5-6-14(21)11-15)13-19-24-25-20(28-19)16-8-3-4-9-17(16)22/h3-9,11H,2,10,12-13H2,1H3,(H,23,27). The minimum atomic E-state index is -0.137. The van der Waals surface area contributed by atoms with Gasteiger partial charge in [-0.25, -0.2) is 0 Å². The summed E-state index contributed by atoms with van der Waals surface area (Å²) in [5, 5.41) is 12.1. The van der Waals surface area contributed by atoms with Crippen LogP contribution in [-0.2, 0) is 11.3 Å². The Morgan fingerprint density at radius 1 is 1.14 bits per heavy atom. The van der Waals surface area contributed by atoms with Crippen LogP contribution in [0.5, 0.6) is 0 Å². The van der Waals surface area contributed by atoms with Crippen LogP contribution in [0.4, 0.5) is 5.69 Å². The Balaban J connectivity index is 1.64. The van der Waals surface area contributed by atoms with E-state index in [2.05, 4.69) is 15.5 Å². The van der Waals surface area contributed by atoms with Gasteiger partial charge in [-0.1, -0.05) is 48.3 Å². The number of carbonyl (C=O) groups excluding carboxylic acids is 1. The van der Waals surface area contributed by atoms with Crippen LogP contribution in [0.2, 0.25) is 10.0 Å². The van der Waals surface area contributed by atoms with Gasteiger partial charge < -0.3 is 9.73 Å². The van der Waals surface area contributed by atoms with Crippen molar-refractivity contribution in [1.82, 2.24) is 15.1 Å². The third kappa shape index (κ3) is 5.55. The SMILES string of the molecule is CCCN(CC(=O)Nc1cccc(Cl)c1)Cc1nnc(-c2ccccc2Cl)o1. The van der Waals surface area contributed by atoms with Gasteiger partial charge in [0, 0.05) is 10.7 Å². The molecule has 0 bridgehead atoms. The Morgan fingerprint density at radius 3 is 2.71 bits per heavy atom. The zero-order valence-electron chi connectivity index (χ0n) is 15.4. The Labute approximate surface area is 173 Å². The molecule has 28 heavy (non-hydrogen) atoms. The first kappa shape index (κ1) is 20.3. The summed E-state index contributed by atoms with van der Waals surface area (Å²) < 4.78 is 5.75. The van der Waals surface area contributed by atoms with E-state index in [1.807, 2.05) is 30.0 Å². The number of nitrogens with zero attached hydrogens (tertiary/aromatic N) is 3. The topological polar surface area (TPSA) is 71.3 Å². The highest BCUT2D eigenvalue weighted by atomic mass is 35.5. The molecule has 146 valence electrons. The predicted molar refractivity (Wildman–Crippen MR) is 110 cm³/mol. The van der Waals surface area contributed by atoms with E-state index in [9.17, 15) is 4.79 Å². The molecule has 0 atom stereocenters. The second kappa shape index (κ2) is 9.68. The number of carbonyl (C=O) groups is 1. The Morgan fingerprint density at radius 2 is 1.96 bits per heavy atom. The first-order valence-electron chi connectivity index (χ1n) is 8.90. The minimum Gasteiger partial charge on any atom is -0.419 e. The molecular formula is C20H20Cl2N4O2. The molecule has 3 aromatic rings. The zero-order valence-corrected chi connectivity index (χ0v) is 16.9. The van der Waals surface area contributed by atoms with Crippen molar-refractivity contribution in [3.63, 3.8) is 0 Å². The maximum absolute atomic E-state index is 12.4. The van der Waals surface area contributed by atoms with Crippen LogP contribution in [0.1, 0.15) is 19.2 Å². The smallest absolute Gasteiger partial charge is 0.249 e. The van der Waals surface area contributed by atoms with E-state index < -0.39 is 0 Å². The van der Waals surface area contributed by atoms with Crippen LogP contribution < -0.4 is 5.32 Å². The quantitative estimate of drug-likeness (QED) is 0.563. The fraction of sp³-hybridized carbons (Fsp3) is 0.250. The molecule has 0 fully saturated rings. The third-order valence-electron chi connectivity index (χ3n) is 3.95. The molecule has 1 amide bonds. The fourth-order valence-electron chi connectivity index (χ4n) is 2.75. The van der Waals surface area contributed by atoms with Crippen LogP contribution in [0.25, 0.3) is 11.5 Å². The van der Waals surface area contributed by atoms with E-state index in [-0.39, 0.29) is 12.5 Å². The lowest BCUT2D eigenvalue weighted by atomic mass is 10.2. The number of anilines is 1. The lowest BCUT2D eigenvalue weighted by molar-refractivity contribution is -0.117. The molecule has 1 aromatic heterocycles. The predicted octanol–water partition coefficient (Wildman–Crippen LogP) is 4.89. The van der Waals surface area contributed by atoms with E-state index in [4.69, 9.17) is 27.6 Å². The average molecular weight is 419 g/mol. The molecule has 0 saturated heterocycles. The summed E-state index contributed by atoms with van der Waals surface area (Å²) in [6.07, 6.45) is 0.885. The van der Waals surface area contributed by atoms with E-state index in [0.717, 1.165) is 6.42 Å². The summed E-state index contributed by atoms with van der Waals surface area (Å²) in [5.74, 6) is 0.654. The molecular weight excluding hydrogens is 399 g/mol. The Kier molecular flexibility index (Phi) is 7.03. The van der Waals surface area contributed by atoms with Gasteiger partial charge in [0.05, 0.1) is 23.7 Å². The number of hydrogen-bond donors (Lipinski definition) is 1. The summed E-state index contributed by atoms with van der Waals surface area (Å²) in [6, 6.07) is 14.3. The summed E-state index contributed by atoms with van der Waals surface area (Å²) in [6.45, 7) is 3.33. The molecule has 8 heteroatoms. The second-order valence-corrected chi connectivity index (χ2v) is 7.09. The van der Waals surface area contributed by atoms with Crippen LogP contribution in [-0.4, -0.2) is 34.1 Å². The van der Waals surface area contributed by atoms with Gasteiger partial charge in [-0.05, 0) is 43.3 Å². The molecule has 0 radical (unpaired) electrons. The van der Waals surface area contributed by atoms with Gasteiger partial charge in [0.25, 0.3) is 0 Å². The lowest BCUT2D eigenvalue weighted by Gasteiger charge is -2.19. The Hall–Kier alpha value is -2.41. The van der Waals surface area contributed by atoms with Crippen molar-refractivity contribution in [2.45, 2.75) is 19.9 Å². The lowest BCUT2D eigenvalue weighted by Crippen LogP contribution is -2.33. The van der Waals surface area contributed by atoms with Crippen molar-refractivity contribution >= 4 is 34.8 Å². The molecule has 2 aromatic carbocycles. The van der Waals surface area contributed by atoms with Crippen molar-refractivity contribution < 1.29 is 9.21 Å². The fourth-order valence-corrected chi connectivity index (χ4v) is 3.16. The number of benzene rings is 2. The van der Waals surface area contributed by atoms with E-state index >= 15 is 0 Å². The van der Waals surface area contributed by atoms with E-state index in [1.54, 1.807) is 30.3 Å². The van der Waals surface area contributed by atoms with Crippen LogP contribution in [0.15, 0.2) is 52.9 Å². The maximum Gasteiger partial charge on any atom is 0.249 e. The second-order valence-electron chi connectivity index (χ2n) is 6.25. The summed E-state index contributed by atoms with van der Waals surface area (Å²) in [4.78, 5) is 14.3. The van der Waals surface area contributed by atoms with Crippen molar-refractivity contribution in [3.05, 3.63) is 64.5 Å². The summed E-state index contributed by atoms with van der Waals surface area (Å²) in [7, 11) is 0. The summed E-state index contributed by atoms with van der Waals surface area (Å²) >= 11 is 12.1. The molecule has 0 aliphatic rings. The van der Waals surface area contributed by atoms with Crippen LogP contribution in [0, 0.1) is 0 Å². The molecule has 1 N–H and O–H groups in total. The largest absolute Gasteiger partial charge is 0.419 e. The highest BCUT2D eigenvalue weighted by molar-refractivity contribution is 6.33. The van der Waals surface area contributed by atoms with Crippen LogP contribution >= 0.6 is 23.2 Å². The molecule has 1 heterocycles. The number of aromatic nitrogens is 2. The molecule has 0 aliphatic carbocycles. The van der Waals surface area contributed by atoms with Gasteiger partial charge in [0.1, 0.15) is 0 Å². The number of hydrogen-bond acceptors (Lipinski definition) is 5. The number of amides is 1. The number of nitrogens with one attached hydrogen (secondary N) is 1. The normalized spacial score (nSPS) is 11.0. The molecule has 0 unspecified atom stereocenters. The minimum absolute atomic E-state index is 0.137. The highest BCUT2D eigenvalue weighted by Crippen LogP contribution is 2.26. The van der Waals surface area contributed by atoms with Crippen molar-refractivity contribution in [1.29, 1.82) is 0 Å². The average Bonchev–Trinajstić information content (AvgIpc) is 3.10. The van der Waals surface area contributed by atoms with Crippen molar-refractivity contribution in [2.24, 2.45) is 0 Å². The van der Waals surface area contributed by atoms with Gasteiger partial charge in [0.15, 0.2) is 0 Å². The summed E-state index contributed by atoms with van der Waals surface area (Å²) in [5.41, 5.74) is 1.34. The molecule has 0 aliphatic heterocycles. The number of rotatable bonds is 8. The Bertz CT molecular complexity index is 945. The zero-order chi connectivity index (χ0) is 19.9. The van der Waals surface area contributed by atoms with Crippen molar-refractivity contribution in [2.75, 3.05) is 18.4 Å². The first-order chi connectivity index (χ1) is 13.5. The van der Waals surface area contributed by atoms with Gasteiger partial charge in [0.2, 0.25) is 17.7 Å². The number of halogens is 2. The molecule has 3 rings (SSSR count). The maximum atomic E-state index is 12.4.